The Hall–Kier alpha value is -3.25. The smallest absolute Gasteiger partial charge is 0.322 e. The summed E-state index contributed by atoms with van der Waals surface area (Å²) in [6.45, 7) is 0.421. The molecular formula is C19H22N6O5S. The number of aryl methyl sites for hydroxylation is 1. The number of hydrogen-bond donors (Lipinski definition) is 1. The number of amides is 1. The molecule has 0 spiro atoms. The maximum Gasteiger partial charge on any atom is 0.322 e. The van der Waals surface area contributed by atoms with Crippen molar-refractivity contribution in [3.63, 3.8) is 0 Å². The van der Waals surface area contributed by atoms with E-state index in [1.807, 2.05) is 0 Å². The van der Waals surface area contributed by atoms with Gasteiger partial charge in [0.15, 0.2) is 0 Å². The van der Waals surface area contributed by atoms with Gasteiger partial charge in [0.2, 0.25) is 15.9 Å². The number of rotatable bonds is 6. The predicted octanol–water partition coefficient (Wildman–Crippen LogP) is 1.52. The van der Waals surface area contributed by atoms with Crippen molar-refractivity contribution in [3.05, 3.63) is 36.5 Å². The number of piperidine rings is 1. The predicted molar refractivity (Wildman–Crippen MR) is 110 cm³/mol. The molecule has 1 fully saturated rings. The van der Waals surface area contributed by atoms with E-state index < -0.39 is 15.9 Å². The van der Waals surface area contributed by atoms with Crippen LogP contribution in [0.15, 0.2) is 45.8 Å². The average molecular weight is 446 g/mol. The molecule has 1 aliphatic rings. The van der Waals surface area contributed by atoms with Crippen molar-refractivity contribution in [1.82, 2.24) is 24.3 Å². The summed E-state index contributed by atoms with van der Waals surface area (Å²) in [7, 11) is -0.445. The highest BCUT2D eigenvalue weighted by Crippen LogP contribution is 2.26. The molecule has 1 N–H and O–H groups in total. The zero-order valence-electron chi connectivity index (χ0n) is 17.1. The van der Waals surface area contributed by atoms with Crippen LogP contribution in [-0.2, 0) is 21.9 Å². The second kappa shape index (κ2) is 8.47. The van der Waals surface area contributed by atoms with Gasteiger partial charge in [0.1, 0.15) is 11.4 Å². The van der Waals surface area contributed by atoms with Crippen LogP contribution in [0, 0.1) is 5.92 Å². The van der Waals surface area contributed by atoms with Crippen LogP contribution in [0.2, 0.25) is 0 Å². The van der Waals surface area contributed by atoms with E-state index in [2.05, 4.69) is 20.6 Å². The molecule has 1 amide bonds. The van der Waals surface area contributed by atoms with Crippen LogP contribution < -0.4 is 10.1 Å². The maximum atomic E-state index is 13.0. The SMILES string of the molecule is COc1ccc(S(=O)(=O)N2CCC[C@@H](C(=O)Nc3nnc(-c4ccn(C)n4)o3)C2)cc1. The number of carbonyl (C=O) groups is 1. The number of nitrogens with one attached hydrogen (secondary N) is 1. The number of hydrogen-bond acceptors (Lipinski definition) is 8. The Morgan fingerprint density at radius 2 is 2.00 bits per heavy atom. The molecule has 0 radical (unpaired) electrons. The van der Waals surface area contributed by atoms with Gasteiger partial charge in [-0.25, -0.2) is 8.42 Å². The van der Waals surface area contributed by atoms with Crippen LogP contribution in [0.25, 0.3) is 11.6 Å². The molecule has 0 aliphatic carbocycles. The highest BCUT2D eigenvalue weighted by molar-refractivity contribution is 7.89. The molecule has 1 saturated heterocycles. The minimum Gasteiger partial charge on any atom is -0.497 e. The summed E-state index contributed by atoms with van der Waals surface area (Å²) in [6.07, 6.45) is 2.86. The first-order valence-corrected chi connectivity index (χ1v) is 11.1. The molecule has 0 bridgehead atoms. The van der Waals surface area contributed by atoms with Gasteiger partial charge in [0, 0.05) is 26.3 Å². The fourth-order valence-corrected chi connectivity index (χ4v) is 4.91. The van der Waals surface area contributed by atoms with E-state index >= 15 is 0 Å². The van der Waals surface area contributed by atoms with Crippen LogP contribution in [0.1, 0.15) is 12.8 Å². The lowest BCUT2D eigenvalue weighted by molar-refractivity contribution is -0.121. The molecule has 3 aromatic rings. The average Bonchev–Trinajstić information content (AvgIpc) is 3.42. The number of aromatic nitrogens is 4. The standard InChI is InChI=1S/C19H22N6O5S/c1-24-11-9-16(23-24)18-21-22-19(30-18)20-17(26)13-4-3-10-25(12-13)31(27,28)15-7-5-14(29-2)6-8-15/h5-9,11,13H,3-4,10,12H2,1-2H3,(H,20,22,26)/t13-/m1/s1. The fourth-order valence-electron chi connectivity index (χ4n) is 3.39. The number of anilines is 1. The lowest BCUT2D eigenvalue weighted by Crippen LogP contribution is -2.43. The zero-order valence-corrected chi connectivity index (χ0v) is 17.9. The third kappa shape index (κ3) is 4.44. The molecule has 31 heavy (non-hydrogen) atoms. The van der Waals surface area contributed by atoms with Crippen molar-refractivity contribution >= 4 is 21.9 Å². The van der Waals surface area contributed by atoms with Gasteiger partial charge in [-0.05, 0) is 43.2 Å². The topological polar surface area (TPSA) is 132 Å². The minimum atomic E-state index is -3.72. The summed E-state index contributed by atoms with van der Waals surface area (Å²) in [5.41, 5.74) is 0.491. The third-order valence-electron chi connectivity index (χ3n) is 5.04. The molecular weight excluding hydrogens is 424 g/mol. The van der Waals surface area contributed by atoms with Crippen molar-refractivity contribution in [3.8, 4) is 17.3 Å². The van der Waals surface area contributed by atoms with Gasteiger partial charge in [-0.15, -0.1) is 5.10 Å². The summed E-state index contributed by atoms with van der Waals surface area (Å²) in [5, 5.41) is 14.5. The molecule has 1 atom stereocenters. The van der Waals surface area contributed by atoms with Crippen molar-refractivity contribution in [1.29, 1.82) is 0 Å². The molecule has 1 aromatic carbocycles. The van der Waals surface area contributed by atoms with Crippen LogP contribution in [0.5, 0.6) is 5.75 Å². The van der Waals surface area contributed by atoms with Crippen molar-refractivity contribution in [2.75, 3.05) is 25.5 Å². The summed E-state index contributed by atoms with van der Waals surface area (Å²) in [6, 6.07) is 7.83. The number of carbonyl (C=O) groups excluding carboxylic acids is 1. The van der Waals surface area contributed by atoms with Crippen molar-refractivity contribution in [2.45, 2.75) is 17.7 Å². The Bertz CT molecular complexity index is 1170. The third-order valence-corrected chi connectivity index (χ3v) is 6.92. The second-order valence-electron chi connectivity index (χ2n) is 7.15. The first-order valence-electron chi connectivity index (χ1n) is 9.65. The highest BCUT2D eigenvalue weighted by Gasteiger charge is 2.34. The lowest BCUT2D eigenvalue weighted by Gasteiger charge is -2.30. The van der Waals surface area contributed by atoms with Crippen LogP contribution in [0.4, 0.5) is 6.01 Å². The Kier molecular flexibility index (Phi) is 5.74. The fraction of sp³-hybridized carbons (Fsp3) is 0.368. The molecule has 12 heteroatoms. The monoisotopic (exact) mass is 446 g/mol. The van der Waals surface area contributed by atoms with E-state index in [0.29, 0.717) is 30.8 Å². The number of methoxy groups -OCH3 is 1. The number of ether oxygens (including phenoxy) is 1. The van der Waals surface area contributed by atoms with E-state index in [1.165, 1.54) is 23.5 Å². The number of nitrogens with zero attached hydrogens (tertiary/aromatic N) is 5. The second-order valence-corrected chi connectivity index (χ2v) is 9.09. The van der Waals surface area contributed by atoms with Gasteiger partial charge in [0.25, 0.3) is 5.89 Å². The maximum absolute atomic E-state index is 13.0. The van der Waals surface area contributed by atoms with E-state index in [9.17, 15) is 13.2 Å². The molecule has 3 heterocycles. The zero-order chi connectivity index (χ0) is 22.0. The Morgan fingerprint density at radius 1 is 1.23 bits per heavy atom. The molecule has 11 nitrogen and oxygen atoms in total. The van der Waals surface area contributed by atoms with Gasteiger partial charge in [-0.3, -0.25) is 14.8 Å². The van der Waals surface area contributed by atoms with Crippen LogP contribution in [0.3, 0.4) is 0 Å². The largest absolute Gasteiger partial charge is 0.497 e. The minimum absolute atomic E-state index is 0.0548. The Morgan fingerprint density at radius 3 is 2.68 bits per heavy atom. The summed E-state index contributed by atoms with van der Waals surface area (Å²) in [4.78, 5) is 12.9. The van der Waals surface area contributed by atoms with E-state index in [4.69, 9.17) is 9.15 Å². The van der Waals surface area contributed by atoms with Crippen molar-refractivity contribution in [2.24, 2.45) is 13.0 Å². The summed E-state index contributed by atoms with van der Waals surface area (Å²) >= 11 is 0. The molecule has 0 saturated carbocycles. The highest BCUT2D eigenvalue weighted by atomic mass is 32.2. The molecule has 4 rings (SSSR count). The van der Waals surface area contributed by atoms with Gasteiger partial charge < -0.3 is 9.15 Å². The summed E-state index contributed by atoms with van der Waals surface area (Å²) < 4.78 is 39.4. The van der Waals surface area contributed by atoms with Crippen LogP contribution >= 0.6 is 0 Å². The first kappa shape index (κ1) is 21.0. The number of benzene rings is 1. The van der Waals surface area contributed by atoms with E-state index in [1.54, 1.807) is 36.1 Å². The quantitative estimate of drug-likeness (QED) is 0.603. The first-order chi connectivity index (χ1) is 14.9. The van der Waals surface area contributed by atoms with Gasteiger partial charge in [0.05, 0.1) is 17.9 Å². The molecule has 1 aliphatic heterocycles. The number of sulfonamides is 1. The Balaban J connectivity index is 1.43. The van der Waals surface area contributed by atoms with Gasteiger partial charge in [-0.1, -0.05) is 5.10 Å². The van der Waals surface area contributed by atoms with Gasteiger partial charge >= 0.3 is 6.01 Å². The summed E-state index contributed by atoms with van der Waals surface area (Å²) in [5.74, 6) is -0.152. The van der Waals surface area contributed by atoms with Gasteiger partial charge in [-0.2, -0.15) is 9.40 Å². The van der Waals surface area contributed by atoms with E-state index in [0.717, 1.165) is 0 Å². The van der Waals surface area contributed by atoms with Crippen LogP contribution in [-0.4, -0.2) is 58.8 Å². The molecule has 2 aromatic heterocycles. The molecule has 0 unspecified atom stereocenters. The Labute approximate surface area is 179 Å². The normalized spacial score (nSPS) is 17.4. The van der Waals surface area contributed by atoms with Crippen molar-refractivity contribution < 1.29 is 22.4 Å². The molecule has 164 valence electrons. The lowest BCUT2D eigenvalue weighted by atomic mass is 9.99. The van der Waals surface area contributed by atoms with E-state index in [-0.39, 0.29) is 29.3 Å².